The molecule has 0 radical (unpaired) electrons. The molecule has 0 unspecified atom stereocenters. The third-order valence-electron chi connectivity index (χ3n) is 12.3. The fraction of sp³-hybridized carbons (Fsp3) is 0.472. The van der Waals surface area contributed by atoms with Crippen LogP contribution in [-0.2, 0) is 92.6 Å². The second-order valence-corrected chi connectivity index (χ2v) is 23.3. The molecule has 0 N–H and O–H groups in total. The number of ether oxygens (including phenoxy) is 10. The topological polar surface area (TPSA) is 177 Å². The van der Waals surface area contributed by atoms with Crippen molar-refractivity contribution < 1.29 is 66.2 Å². The maximum absolute atomic E-state index is 13.2. The second-order valence-electron chi connectivity index (χ2n) is 18.6. The highest BCUT2D eigenvalue weighted by Gasteiger charge is 2.57. The standard InChI is InChI=1S/C53H65NO14Si/c1-35(55)59-34-44-46(63-36(2)56)48(64-37(3)57)50(52(66-44)68-69(7,8)53(4,5)6)67-51-49(62-32-42-27-19-18-26-41(42)28-54)47(61-31-40-24-16-11-17-25-40)45(60-30-39-22-14-10-15-23-39)43(65-51)33-58-29-38-20-12-9-13-21-38/h9-27,43-52H,29-34H2,1-8H3/t43-,44-,45-,46-,47+,48+,49-,50-,51-,52+/m1/s1. The van der Waals surface area contributed by atoms with Crippen molar-refractivity contribution in [2.75, 3.05) is 13.2 Å². The lowest BCUT2D eigenvalue weighted by molar-refractivity contribution is -0.371. The summed E-state index contributed by atoms with van der Waals surface area (Å²) in [5.41, 5.74) is 3.70. The zero-order valence-electron chi connectivity index (χ0n) is 40.6. The summed E-state index contributed by atoms with van der Waals surface area (Å²) in [4.78, 5) is 38.2. The van der Waals surface area contributed by atoms with Crippen LogP contribution in [0.2, 0.25) is 18.1 Å². The van der Waals surface area contributed by atoms with Crippen LogP contribution < -0.4 is 0 Å². The largest absolute Gasteiger partial charge is 0.463 e. The number of nitrogens with zero attached hydrogens (tertiary/aromatic N) is 1. The molecule has 0 amide bonds. The number of nitriles is 1. The van der Waals surface area contributed by atoms with Crippen molar-refractivity contribution in [3.8, 4) is 6.07 Å². The van der Waals surface area contributed by atoms with Gasteiger partial charge in [0.1, 0.15) is 37.1 Å². The molecule has 4 aromatic carbocycles. The summed E-state index contributed by atoms with van der Waals surface area (Å²) in [6, 6.07) is 38.4. The molecule has 10 atom stereocenters. The lowest BCUT2D eigenvalue weighted by Crippen LogP contribution is -2.67. The Morgan fingerprint density at radius 1 is 0.565 bits per heavy atom. The van der Waals surface area contributed by atoms with Gasteiger partial charge in [0.15, 0.2) is 39.2 Å². The molecule has 0 spiro atoms. The van der Waals surface area contributed by atoms with Crippen LogP contribution in [0.1, 0.15) is 69.4 Å². The van der Waals surface area contributed by atoms with Crippen molar-refractivity contribution >= 4 is 26.2 Å². The van der Waals surface area contributed by atoms with Crippen molar-refractivity contribution in [2.24, 2.45) is 0 Å². The number of carbonyl (C=O) groups is 3. The minimum Gasteiger partial charge on any atom is -0.463 e. The van der Waals surface area contributed by atoms with Gasteiger partial charge in [0.25, 0.3) is 0 Å². The van der Waals surface area contributed by atoms with Gasteiger partial charge in [-0.15, -0.1) is 0 Å². The van der Waals surface area contributed by atoms with Gasteiger partial charge in [0, 0.05) is 20.8 Å². The number of hydrogen-bond acceptors (Lipinski definition) is 15. The molecule has 370 valence electrons. The van der Waals surface area contributed by atoms with Gasteiger partial charge in [0.05, 0.1) is 44.7 Å². The van der Waals surface area contributed by atoms with Crippen LogP contribution in [0.4, 0.5) is 0 Å². The van der Waals surface area contributed by atoms with E-state index in [4.69, 9.17) is 51.8 Å². The van der Waals surface area contributed by atoms with E-state index in [0.717, 1.165) is 16.7 Å². The van der Waals surface area contributed by atoms with Crippen LogP contribution in [0.25, 0.3) is 0 Å². The minimum atomic E-state index is -2.79. The molecule has 2 aliphatic heterocycles. The Bertz CT molecular complexity index is 2290. The molecule has 2 fully saturated rings. The van der Waals surface area contributed by atoms with Gasteiger partial charge in [-0.05, 0) is 46.5 Å². The van der Waals surface area contributed by atoms with Gasteiger partial charge < -0.3 is 51.8 Å². The first-order valence-corrected chi connectivity index (χ1v) is 26.1. The first-order valence-electron chi connectivity index (χ1n) is 23.2. The fourth-order valence-electron chi connectivity index (χ4n) is 7.76. The molecule has 2 heterocycles. The van der Waals surface area contributed by atoms with Crippen LogP contribution in [0.3, 0.4) is 0 Å². The van der Waals surface area contributed by atoms with Crippen molar-refractivity contribution in [3.05, 3.63) is 143 Å². The van der Waals surface area contributed by atoms with Gasteiger partial charge >= 0.3 is 17.9 Å². The number of benzene rings is 4. The maximum Gasteiger partial charge on any atom is 0.303 e. The first-order chi connectivity index (χ1) is 33.0. The molecule has 16 heteroatoms. The Balaban J connectivity index is 1.49. The Labute approximate surface area is 406 Å². The summed E-state index contributed by atoms with van der Waals surface area (Å²) in [6.45, 7) is 14.0. The van der Waals surface area contributed by atoms with E-state index < -0.39 is 87.6 Å². The van der Waals surface area contributed by atoms with E-state index in [1.807, 2.05) is 110 Å². The van der Waals surface area contributed by atoms with Crippen LogP contribution in [-0.4, -0.2) is 101 Å². The van der Waals surface area contributed by atoms with E-state index in [-0.39, 0.29) is 44.7 Å². The van der Waals surface area contributed by atoms with Crippen LogP contribution in [0.5, 0.6) is 0 Å². The van der Waals surface area contributed by atoms with Crippen molar-refractivity contribution in [3.63, 3.8) is 0 Å². The van der Waals surface area contributed by atoms with E-state index in [1.165, 1.54) is 20.8 Å². The molecule has 4 aromatic rings. The minimum absolute atomic E-state index is 0.00235. The van der Waals surface area contributed by atoms with E-state index in [1.54, 1.807) is 18.2 Å². The molecule has 15 nitrogen and oxygen atoms in total. The zero-order valence-corrected chi connectivity index (χ0v) is 41.6. The van der Waals surface area contributed by atoms with Crippen molar-refractivity contribution in [1.29, 1.82) is 5.26 Å². The van der Waals surface area contributed by atoms with Crippen molar-refractivity contribution in [2.45, 2.75) is 148 Å². The second kappa shape index (κ2) is 25.0. The number of carbonyl (C=O) groups excluding carboxylic acids is 3. The van der Waals surface area contributed by atoms with Crippen LogP contribution in [0.15, 0.2) is 115 Å². The van der Waals surface area contributed by atoms with Crippen molar-refractivity contribution in [1.82, 2.24) is 0 Å². The molecular weight excluding hydrogens is 903 g/mol. The normalized spacial score (nSPS) is 25.0. The molecule has 2 aliphatic rings. The Hall–Kier alpha value is -5.32. The Morgan fingerprint density at radius 2 is 1.06 bits per heavy atom. The van der Waals surface area contributed by atoms with Gasteiger partial charge in [0.2, 0.25) is 0 Å². The summed E-state index contributed by atoms with van der Waals surface area (Å²) >= 11 is 0. The summed E-state index contributed by atoms with van der Waals surface area (Å²) in [5, 5.41) is 9.76. The predicted molar refractivity (Wildman–Crippen MR) is 254 cm³/mol. The van der Waals surface area contributed by atoms with Gasteiger partial charge in [-0.2, -0.15) is 5.26 Å². The average Bonchev–Trinajstić information content (AvgIpc) is 3.31. The third-order valence-corrected chi connectivity index (χ3v) is 16.7. The molecule has 2 saturated heterocycles. The highest BCUT2D eigenvalue weighted by Crippen LogP contribution is 2.42. The Kier molecular flexibility index (Phi) is 19.2. The SMILES string of the molecule is CC(=O)OC[C@H]1O[C@@H](O[Si](C)(C)C(C)(C)C)[C@H](O[C@H]2O[C@H](COCc3ccccc3)[C@@H](OCc3ccccc3)[C@H](OCc3ccccc3)[C@H]2OCc2ccccc2C#N)[C@@H](OC(C)=O)[C@@H]1OC(C)=O. The maximum atomic E-state index is 13.2. The van der Waals surface area contributed by atoms with E-state index in [2.05, 4.69) is 26.8 Å². The molecule has 0 saturated carbocycles. The number of esters is 3. The van der Waals surface area contributed by atoms with E-state index in [0.29, 0.717) is 11.1 Å². The highest BCUT2D eigenvalue weighted by atomic mass is 28.4. The average molecular weight is 968 g/mol. The Morgan fingerprint density at radius 3 is 1.61 bits per heavy atom. The zero-order chi connectivity index (χ0) is 49.6. The third kappa shape index (κ3) is 15.1. The predicted octanol–water partition coefficient (Wildman–Crippen LogP) is 8.11. The molecule has 6 rings (SSSR count). The first kappa shape index (κ1) is 53.0. The molecular formula is C53H65NO14Si. The quantitative estimate of drug-likeness (QED) is 0.0444. The smallest absolute Gasteiger partial charge is 0.303 e. The fourth-order valence-corrected chi connectivity index (χ4v) is 8.89. The summed E-state index contributed by atoms with van der Waals surface area (Å²) in [5.74, 6) is -2.05. The number of rotatable bonds is 21. The summed E-state index contributed by atoms with van der Waals surface area (Å²) in [7, 11) is -2.79. The summed E-state index contributed by atoms with van der Waals surface area (Å²) in [6.07, 6.45) is -11.8. The lowest BCUT2D eigenvalue weighted by Gasteiger charge is -2.51. The van der Waals surface area contributed by atoms with E-state index in [9.17, 15) is 19.6 Å². The van der Waals surface area contributed by atoms with Gasteiger partial charge in [-0.25, -0.2) is 0 Å². The highest BCUT2D eigenvalue weighted by molar-refractivity contribution is 6.74. The molecule has 69 heavy (non-hydrogen) atoms. The van der Waals surface area contributed by atoms with Gasteiger partial charge in [-0.3, -0.25) is 14.4 Å². The van der Waals surface area contributed by atoms with Crippen LogP contribution >= 0.6 is 0 Å². The van der Waals surface area contributed by atoms with E-state index >= 15 is 0 Å². The molecule has 0 bridgehead atoms. The molecule has 0 aromatic heterocycles. The van der Waals surface area contributed by atoms with Crippen LogP contribution in [0, 0.1) is 11.3 Å². The van der Waals surface area contributed by atoms with Gasteiger partial charge in [-0.1, -0.05) is 130 Å². The monoisotopic (exact) mass is 967 g/mol. The number of hydrogen-bond donors (Lipinski definition) is 0. The summed E-state index contributed by atoms with van der Waals surface area (Å²) < 4.78 is 72.2. The molecule has 0 aliphatic carbocycles. The lowest BCUT2D eigenvalue weighted by atomic mass is 9.96.